The molecule has 1 aromatic heterocycles. The minimum Gasteiger partial charge on any atom is -0.369 e. The number of likely N-dealkylation sites (N-methyl/N-ethyl adjacent to an activating group) is 1. The summed E-state index contributed by atoms with van der Waals surface area (Å²) in [5.41, 5.74) is 0. The summed E-state index contributed by atoms with van der Waals surface area (Å²) in [6.45, 7) is 4.50. The second-order valence-corrected chi connectivity index (χ2v) is 5.32. The van der Waals surface area contributed by atoms with Gasteiger partial charge in [0.15, 0.2) is 5.82 Å². The topological polar surface area (TPSA) is 68.5 Å². The number of amides is 1. The monoisotopic (exact) mass is 281 g/mol. The van der Waals surface area contributed by atoms with E-state index in [1.807, 2.05) is 6.92 Å². The molecule has 1 amide bonds. The average molecular weight is 281 g/mol. The van der Waals surface area contributed by atoms with Gasteiger partial charge < -0.3 is 14.2 Å². The van der Waals surface area contributed by atoms with Crippen LogP contribution in [0.5, 0.6) is 0 Å². The molecule has 0 spiro atoms. The highest BCUT2D eigenvalue weighted by atomic mass is 16.5. The van der Waals surface area contributed by atoms with Gasteiger partial charge in [0.1, 0.15) is 6.10 Å². The summed E-state index contributed by atoms with van der Waals surface area (Å²) < 4.78 is 10.6. The first-order valence-electron chi connectivity index (χ1n) is 7.30. The Morgan fingerprint density at radius 1 is 1.50 bits per heavy atom. The maximum Gasteiger partial charge on any atom is 0.251 e. The molecule has 1 aromatic rings. The SMILES string of the molecule is CCO[C@H](C)C(=O)N(C)Cc1noc(C2CCCC2)n1. The highest BCUT2D eigenvalue weighted by Crippen LogP contribution is 2.32. The summed E-state index contributed by atoms with van der Waals surface area (Å²) in [6.07, 6.45) is 4.26. The second kappa shape index (κ2) is 6.83. The Morgan fingerprint density at radius 2 is 2.20 bits per heavy atom. The molecule has 6 nitrogen and oxygen atoms in total. The van der Waals surface area contributed by atoms with Gasteiger partial charge in [-0.1, -0.05) is 18.0 Å². The molecule has 1 saturated carbocycles. The fourth-order valence-electron chi connectivity index (χ4n) is 2.59. The van der Waals surface area contributed by atoms with Crippen LogP contribution in [0.4, 0.5) is 0 Å². The molecule has 20 heavy (non-hydrogen) atoms. The van der Waals surface area contributed by atoms with Crippen molar-refractivity contribution >= 4 is 5.91 Å². The van der Waals surface area contributed by atoms with Gasteiger partial charge in [-0.3, -0.25) is 4.79 Å². The van der Waals surface area contributed by atoms with E-state index < -0.39 is 6.10 Å². The molecular formula is C14H23N3O3. The summed E-state index contributed by atoms with van der Waals surface area (Å²) in [4.78, 5) is 18.0. The van der Waals surface area contributed by atoms with E-state index in [-0.39, 0.29) is 5.91 Å². The Balaban J connectivity index is 1.90. The van der Waals surface area contributed by atoms with E-state index in [0.717, 1.165) is 18.7 Å². The third-order valence-corrected chi connectivity index (χ3v) is 3.71. The van der Waals surface area contributed by atoms with Crippen molar-refractivity contribution in [3.63, 3.8) is 0 Å². The number of carbonyl (C=O) groups excluding carboxylic acids is 1. The van der Waals surface area contributed by atoms with Crippen LogP contribution in [0.15, 0.2) is 4.52 Å². The predicted octanol–water partition coefficient (Wildman–Crippen LogP) is 2.11. The Bertz CT molecular complexity index is 441. The summed E-state index contributed by atoms with van der Waals surface area (Å²) in [7, 11) is 1.73. The van der Waals surface area contributed by atoms with Gasteiger partial charge in [0.05, 0.1) is 6.54 Å². The number of hydrogen-bond acceptors (Lipinski definition) is 5. The van der Waals surface area contributed by atoms with Crippen LogP contribution in [0.2, 0.25) is 0 Å². The van der Waals surface area contributed by atoms with Crippen LogP contribution in [-0.2, 0) is 16.1 Å². The highest BCUT2D eigenvalue weighted by molar-refractivity contribution is 5.80. The molecule has 0 aromatic carbocycles. The first-order valence-corrected chi connectivity index (χ1v) is 7.30. The van der Waals surface area contributed by atoms with Gasteiger partial charge in [0.2, 0.25) is 5.89 Å². The molecule has 1 atom stereocenters. The predicted molar refractivity (Wildman–Crippen MR) is 73.1 cm³/mol. The molecule has 112 valence electrons. The molecule has 1 aliphatic carbocycles. The third kappa shape index (κ3) is 3.56. The maximum absolute atomic E-state index is 12.0. The van der Waals surface area contributed by atoms with E-state index in [4.69, 9.17) is 9.26 Å². The lowest BCUT2D eigenvalue weighted by Gasteiger charge is -2.19. The van der Waals surface area contributed by atoms with Crippen LogP contribution >= 0.6 is 0 Å². The molecule has 6 heteroatoms. The second-order valence-electron chi connectivity index (χ2n) is 5.32. The smallest absolute Gasteiger partial charge is 0.251 e. The van der Waals surface area contributed by atoms with Gasteiger partial charge in [0.25, 0.3) is 5.91 Å². The van der Waals surface area contributed by atoms with Crippen molar-refractivity contribution in [1.29, 1.82) is 0 Å². The average Bonchev–Trinajstić information content (AvgIpc) is 3.08. The minimum atomic E-state index is -0.439. The first-order chi connectivity index (χ1) is 9.61. The van der Waals surface area contributed by atoms with Gasteiger partial charge in [-0.25, -0.2) is 0 Å². The van der Waals surface area contributed by atoms with Gasteiger partial charge in [-0.2, -0.15) is 4.98 Å². The molecule has 0 saturated heterocycles. The number of ether oxygens (including phenoxy) is 1. The fourth-order valence-corrected chi connectivity index (χ4v) is 2.59. The van der Waals surface area contributed by atoms with Crippen LogP contribution in [0.25, 0.3) is 0 Å². The van der Waals surface area contributed by atoms with E-state index in [1.54, 1.807) is 18.9 Å². The first kappa shape index (κ1) is 15.0. The van der Waals surface area contributed by atoms with E-state index in [1.165, 1.54) is 12.8 Å². The molecular weight excluding hydrogens is 258 g/mol. The minimum absolute atomic E-state index is 0.0703. The Morgan fingerprint density at radius 3 is 2.85 bits per heavy atom. The summed E-state index contributed by atoms with van der Waals surface area (Å²) in [5, 5.41) is 3.97. The summed E-state index contributed by atoms with van der Waals surface area (Å²) in [5.74, 6) is 1.61. The van der Waals surface area contributed by atoms with Crippen LogP contribution in [0, 0.1) is 0 Å². The Kier molecular flexibility index (Phi) is 5.11. The lowest BCUT2D eigenvalue weighted by molar-refractivity contribution is -0.141. The maximum atomic E-state index is 12.0. The lowest BCUT2D eigenvalue weighted by Crippen LogP contribution is -2.36. The highest BCUT2D eigenvalue weighted by Gasteiger charge is 2.24. The molecule has 0 bridgehead atoms. The van der Waals surface area contributed by atoms with Crippen molar-refractivity contribution in [3.8, 4) is 0 Å². The van der Waals surface area contributed by atoms with Crippen molar-refractivity contribution in [1.82, 2.24) is 15.0 Å². The summed E-state index contributed by atoms with van der Waals surface area (Å²) in [6, 6.07) is 0. The van der Waals surface area contributed by atoms with Crippen molar-refractivity contribution in [2.45, 2.75) is 58.1 Å². The standard InChI is InChI=1S/C14H23N3O3/c1-4-19-10(2)14(18)17(3)9-12-15-13(20-16-12)11-7-5-6-8-11/h10-11H,4-9H2,1-3H3/t10-/m1/s1. The largest absolute Gasteiger partial charge is 0.369 e. The number of hydrogen-bond donors (Lipinski definition) is 0. The molecule has 0 N–H and O–H groups in total. The molecule has 1 aliphatic rings. The normalized spacial score (nSPS) is 17.4. The van der Waals surface area contributed by atoms with Gasteiger partial charge >= 0.3 is 0 Å². The zero-order chi connectivity index (χ0) is 14.5. The van der Waals surface area contributed by atoms with E-state index in [9.17, 15) is 4.79 Å². The van der Waals surface area contributed by atoms with Crippen LogP contribution in [0.3, 0.4) is 0 Å². The molecule has 0 aliphatic heterocycles. The summed E-state index contributed by atoms with van der Waals surface area (Å²) >= 11 is 0. The number of nitrogens with zero attached hydrogens (tertiary/aromatic N) is 3. The van der Waals surface area contributed by atoms with Crippen LogP contribution in [-0.4, -0.2) is 40.7 Å². The van der Waals surface area contributed by atoms with Gasteiger partial charge in [0, 0.05) is 19.6 Å². The quantitative estimate of drug-likeness (QED) is 0.798. The fraction of sp³-hybridized carbons (Fsp3) is 0.786. The molecule has 1 heterocycles. The zero-order valence-corrected chi connectivity index (χ0v) is 12.5. The van der Waals surface area contributed by atoms with E-state index >= 15 is 0 Å². The van der Waals surface area contributed by atoms with E-state index in [0.29, 0.717) is 24.9 Å². The van der Waals surface area contributed by atoms with Gasteiger partial charge in [-0.05, 0) is 26.7 Å². The van der Waals surface area contributed by atoms with Crippen LogP contribution < -0.4 is 0 Å². The van der Waals surface area contributed by atoms with Crippen molar-refractivity contribution in [2.75, 3.05) is 13.7 Å². The lowest BCUT2D eigenvalue weighted by atomic mass is 10.1. The molecule has 2 rings (SSSR count). The molecule has 0 unspecified atom stereocenters. The van der Waals surface area contributed by atoms with Gasteiger partial charge in [-0.15, -0.1) is 0 Å². The van der Waals surface area contributed by atoms with Crippen molar-refractivity contribution in [2.24, 2.45) is 0 Å². The number of aromatic nitrogens is 2. The van der Waals surface area contributed by atoms with Crippen molar-refractivity contribution in [3.05, 3.63) is 11.7 Å². The number of carbonyl (C=O) groups is 1. The third-order valence-electron chi connectivity index (χ3n) is 3.71. The Hall–Kier alpha value is -1.43. The molecule has 0 radical (unpaired) electrons. The molecule has 1 fully saturated rings. The van der Waals surface area contributed by atoms with Crippen molar-refractivity contribution < 1.29 is 14.1 Å². The zero-order valence-electron chi connectivity index (χ0n) is 12.5. The number of rotatable bonds is 6. The van der Waals surface area contributed by atoms with E-state index in [2.05, 4.69) is 10.1 Å². The Labute approximate surface area is 119 Å². The van der Waals surface area contributed by atoms with Crippen LogP contribution in [0.1, 0.15) is 57.2 Å².